The molecule has 2 saturated heterocycles. The molecule has 0 aromatic heterocycles. The first-order chi connectivity index (χ1) is 13.9. The molecule has 2 aliphatic heterocycles. The third-order valence-electron chi connectivity index (χ3n) is 5.57. The lowest BCUT2D eigenvalue weighted by Gasteiger charge is -2.37. The van der Waals surface area contributed by atoms with Crippen molar-refractivity contribution in [1.29, 1.82) is 0 Å². The number of rotatable bonds is 3. The molecule has 2 heterocycles. The lowest BCUT2D eigenvalue weighted by Crippen LogP contribution is -2.52. The lowest BCUT2D eigenvalue weighted by molar-refractivity contribution is -0.192. The summed E-state index contributed by atoms with van der Waals surface area (Å²) in [5.41, 5.74) is 7.36. The van der Waals surface area contributed by atoms with Gasteiger partial charge in [0.05, 0.1) is 11.7 Å². The Labute approximate surface area is 172 Å². The summed E-state index contributed by atoms with van der Waals surface area (Å²) in [6.07, 6.45) is -2.31. The molecular weight excluding hydrogens is 406 g/mol. The minimum atomic E-state index is -5.08. The molecule has 3 N–H and O–H groups in total. The Bertz CT molecular complexity index is 787. The van der Waals surface area contributed by atoms with Crippen molar-refractivity contribution in [2.24, 2.45) is 11.1 Å². The third kappa shape index (κ3) is 5.69. The predicted octanol–water partition coefficient (Wildman–Crippen LogP) is 2.93. The van der Waals surface area contributed by atoms with Gasteiger partial charge in [0.2, 0.25) is 5.91 Å². The molecule has 1 aromatic rings. The van der Waals surface area contributed by atoms with Crippen molar-refractivity contribution in [1.82, 2.24) is 4.90 Å². The van der Waals surface area contributed by atoms with Crippen LogP contribution in [0.2, 0.25) is 0 Å². The van der Waals surface area contributed by atoms with E-state index in [1.54, 1.807) is 17.0 Å². The van der Waals surface area contributed by atoms with Crippen molar-refractivity contribution in [2.45, 2.75) is 45.3 Å². The first kappa shape index (κ1) is 24.1. The maximum Gasteiger partial charge on any atom is 0.490 e. The van der Waals surface area contributed by atoms with Crippen molar-refractivity contribution in [2.75, 3.05) is 31.1 Å². The molecule has 2 unspecified atom stereocenters. The molecule has 30 heavy (non-hydrogen) atoms. The average molecular weight is 433 g/mol. The molecular formula is C20H27F4N3O3. The van der Waals surface area contributed by atoms with Crippen LogP contribution >= 0.6 is 0 Å². The van der Waals surface area contributed by atoms with Crippen LogP contribution in [0, 0.1) is 18.2 Å². The number of nitrogens with zero attached hydrogens (tertiary/aromatic N) is 2. The number of carboxylic acid groups (broad SMARTS) is 1. The van der Waals surface area contributed by atoms with Gasteiger partial charge in [0, 0.05) is 13.1 Å². The van der Waals surface area contributed by atoms with Crippen LogP contribution in [0.3, 0.4) is 0 Å². The molecule has 6 nitrogen and oxygen atoms in total. The highest BCUT2D eigenvalue weighted by atomic mass is 19.4. The second-order valence-electron chi connectivity index (χ2n) is 8.14. The highest BCUT2D eigenvalue weighted by molar-refractivity contribution is 5.98. The van der Waals surface area contributed by atoms with E-state index < -0.39 is 12.1 Å². The number of hydrogen-bond acceptors (Lipinski definition) is 4. The van der Waals surface area contributed by atoms with Gasteiger partial charge in [-0.05, 0) is 62.4 Å². The Morgan fingerprint density at radius 2 is 1.97 bits per heavy atom. The molecule has 10 heteroatoms. The monoisotopic (exact) mass is 433 g/mol. The average Bonchev–Trinajstić information content (AvgIpc) is 3.06. The summed E-state index contributed by atoms with van der Waals surface area (Å²) >= 11 is 0. The van der Waals surface area contributed by atoms with E-state index >= 15 is 0 Å². The van der Waals surface area contributed by atoms with Crippen molar-refractivity contribution in [3.8, 4) is 0 Å². The number of nitrogens with two attached hydrogens (primary N) is 1. The molecule has 0 spiro atoms. The van der Waals surface area contributed by atoms with Gasteiger partial charge in [0.1, 0.15) is 5.82 Å². The molecule has 1 aromatic carbocycles. The maximum atomic E-state index is 14.2. The van der Waals surface area contributed by atoms with E-state index in [4.69, 9.17) is 15.6 Å². The van der Waals surface area contributed by atoms with E-state index in [0.717, 1.165) is 37.9 Å². The molecule has 1 amide bonds. The Kier molecular flexibility index (Phi) is 7.46. The summed E-state index contributed by atoms with van der Waals surface area (Å²) < 4.78 is 45.9. The van der Waals surface area contributed by atoms with Crippen LogP contribution < -0.4 is 10.6 Å². The van der Waals surface area contributed by atoms with Gasteiger partial charge in [-0.3, -0.25) is 9.69 Å². The Morgan fingerprint density at radius 3 is 2.50 bits per heavy atom. The van der Waals surface area contributed by atoms with Gasteiger partial charge >= 0.3 is 12.1 Å². The predicted molar refractivity (Wildman–Crippen MR) is 104 cm³/mol. The van der Waals surface area contributed by atoms with Gasteiger partial charge in [0.15, 0.2) is 0 Å². The fourth-order valence-electron chi connectivity index (χ4n) is 3.76. The maximum absolute atomic E-state index is 14.2. The quantitative estimate of drug-likeness (QED) is 0.716. The molecule has 0 saturated carbocycles. The van der Waals surface area contributed by atoms with E-state index in [1.807, 2.05) is 6.92 Å². The summed E-state index contributed by atoms with van der Waals surface area (Å²) in [6.45, 7) is 7.08. The fraction of sp³-hybridized carbons (Fsp3) is 0.600. The number of piperidine rings is 1. The number of hydrogen-bond donors (Lipinski definition) is 2. The van der Waals surface area contributed by atoms with E-state index in [2.05, 4.69) is 11.8 Å². The lowest BCUT2D eigenvalue weighted by atomic mass is 9.90. The number of carbonyl (C=O) groups excluding carboxylic acids is 1. The number of likely N-dealkylation sites (tertiary alicyclic amines) is 1. The molecule has 0 aliphatic carbocycles. The van der Waals surface area contributed by atoms with Crippen molar-refractivity contribution >= 4 is 17.6 Å². The van der Waals surface area contributed by atoms with Gasteiger partial charge in [-0.15, -0.1) is 0 Å². The van der Waals surface area contributed by atoms with Crippen LogP contribution in [-0.4, -0.2) is 60.3 Å². The highest BCUT2D eigenvalue weighted by Crippen LogP contribution is 2.34. The van der Waals surface area contributed by atoms with Crippen molar-refractivity contribution in [3.63, 3.8) is 0 Å². The molecule has 3 rings (SSSR count). The SMILES string of the molecule is Cc1ccc(F)c(N2CCCC(N3CCC(C)(CN)C3)C2=O)c1.O=C(O)C(F)(F)F. The van der Waals surface area contributed by atoms with Gasteiger partial charge in [-0.2, -0.15) is 13.2 Å². The number of amides is 1. The van der Waals surface area contributed by atoms with E-state index in [9.17, 15) is 22.4 Å². The fourth-order valence-corrected chi connectivity index (χ4v) is 3.76. The molecule has 2 fully saturated rings. The number of carboxylic acids is 1. The van der Waals surface area contributed by atoms with Crippen molar-refractivity contribution < 1.29 is 32.3 Å². The standard InChI is InChI=1S/C18H26FN3O.C2HF3O2/c1-13-5-6-14(19)16(10-13)22-8-3-4-15(17(22)23)21-9-7-18(2,11-20)12-21;3-2(4,5)1(6)7/h5-6,10,15H,3-4,7-9,11-12,20H2,1-2H3;(H,6,7). The van der Waals surface area contributed by atoms with Gasteiger partial charge in [-0.25, -0.2) is 9.18 Å². The summed E-state index contributed by atoms with van der Waals surface area (Å²) in [5, 5.41) is 7.12. The van der Waals surface area contributed by atoms with Gasteiger partial charge in [0.25, 0.3) is 0 Å². The van der Waals surface area contributed by atoms with Crippen LogP contribution in [0.4, 0.5) is 23.2 Å². The highest BCUT2D eigenvalue weighted by Gasteiger charge is 2.41. The van der Waals surface area contributed by atoms with Crippen molar-refractivity contribution in [3.05, 3.63) is 29.6 Å². The van der Waals surface area contributed by atoms with E-state index in [-0.39, 0.29) is 23.2 Å². The van der Waals surface area contributed by atoms with Crippen LogP contribution in [-0.2, 0) is 9.59 Å². The molecule has 168 valence electrons. The van der Waals surface area contributed by atoms with Gasteiger partial charge < -0.3 is 15.7 Å². The summed E-state index contributed by atoms with van der Waals surface area (Å²) in [6, 6.07) is 4.81. The number of alkyl halides is 3. The van der Waals surface area contributed by atoms with Gasteiger partial charge in [-0.1, -0.05) is 13.0 Å². The Balaban J connectivity index is 0.000000396. The van der Waals surface area contributed by atoms with Crippen LogP contribution in [0.15, 0.2) is 18.2 Å². The Hall–Kier alpha value is -2.20. The minimum absolute atomic E-state index is 0.0296. The first-order valence-corrected chi connectivity index (χ1v) is 9.70. The summed E-state index contributed by atoms with van der Waals surface area (Å²) in [4.78, 5) is 25.7. The number of carbonyl (C=O) groups is 2. The number of aliphatic carboxylic acids is 1. The number of aryl methyl sites for hydroxylation is 1. The van der Waals surface area contributed by atoms with Crippen LogP contribution in [0.5, 0.6) is 0 Å². The topological polar surface area (TPSA) is 86.9 Å². The second-order valence-corrected chi connectivity index (χ2v) is 8.14. The molecule has 0 bridgehead atoms. The number of halogens is 4. The summed E-state index contributed by atoms with van der Waals surface area (Å²) in [5.74, 6) is -3.05. The molecule has 2 atom stereocenters. The second kappa shape index (κ2) is 9.30. The first-order valence-electron chi connectivity index (χ1n) is 9.70. The van der Waals surface area contributed by atoms with E-state index in [0.29, 0.717) is 18.8 Å². The third-order valence-corrected chi connectivity index (χ3v) is 5.57. The largest absolute Gasteiger partial charge is 0.490 e. The number of benzene rings is 1. The smallest absolute Gasteiger partial charge is 0.475 e. The van der Waals surface area contributed by atoms with E-state index in [1.165, 1.54) is 6.07 Å². The summed E-state index contributed by atoms with van der Waals surface area (Å²) in [7, 11) is 0. The zero-order valence-corrected chi connectivity index (χ0v) is 17.0. The molecule has 0 radical (unpaired) electrons. The van der Waals surface area contributed by atoms with Crippen LogP contribution in [0.1, 0.15) is 31.7 Å². The zero-order valence-electron chi connectivity index (χ0n) is 17.0. The molecule has 2 aliphatic rings. The minimum Gasteiger partial charge on any atom is -0.475 e. The zero-order chi connectivity index (χ0) is 22.7. The number of anilines is 1. The Morgan fingerprint density at radius 1 is 1.33 bits per heavy atom. The van der Waals surface area contributed by atoms with Crippen LogP contribution in [0.25, 0.3) is 0 Å². The normalized spacial score (nSPS) is 25.1.